The van der Waals surface area contributed by atoms with Gasteiger partial charge < -0.3 is 10.1 Å². The maximum Gasteiger partial charge on any atom is 0.0733 e. The van der Waals surface area contributed by atoms with E-state index in [0.717, 1.165) is 0 Å². The van der Waals surface area contributed by atoms with Gasteiger partial charge in [0.05, 0.1) is 12.2 Å². The fraction of sp³-hybridized carbons (Fsp3) is 0.833. The number of hydrogen-bond donors (Lipinski definition) is 1. The maximum atomic E-state index is 5.84. The molecule has 2 bridgehead atoms. The van der Waals surface area contributed by atoms with Crippen LogP contribution in [0.15, 0.2) is 12.2 Å². The zero-order chi connectivity index (χ0) is 9.38. The van der Waals surface area contributed by atoms with Gasteiger partial charge in [-0.1, -0.05) is 12.2 Å². The van der Waals surface area contributed by atoms with E-state index in [1.54, 1.807) is 0 Å². The van der Waals surface area contributed by atoms with Crippen LogP contribution in [0.4, 0.5) is 0 Å². The van der Waals surface area contributed by atoms with Crippen molar-refractivity contribution in [1.82, 2.24) is 5.32 Å². The third-order valence-corrected chi connectivity index (χ3v) is 3.79. The van der Waals surface area contributed by atoms with Crippen molar-refractivity contribution in [3.05, 3.63) is 12.2 Å². The van der Waals surface area contributed by atoms with Gasteiger partial charge in [-0.15, -0.1) is 0 Å². The maximum absolute atomic E-state index is 5.84. The smallest absolute Gasteiger partial charge is 0.0733 e. The van der Waals surface area contributed by atoms with Crippen LogP contribution < -0.4 is 5.32 Å². The second-order valence-electron chi connectivity index (χ2n) is 4.85. The lowest BCUT2D eigenvalue weighted by Gasteiger charge is -2.26. The van der Waals surface area contributed by atoms with Gasteiger partial charge in [-0.05, 0) is 38.5 Å². The van der Waals surface area contributed by atoms with E-state index < -0.39 is 0 Å². The van der Waals surface area contributed by atoms with Gasteiger partial charge in [-0.3, -0.25) is 0 Å². The lowest BCUT2D eigenvalue weighted by Crippen LogP contribution is -2.43. The van der Waals surface area contributed by atoms with Crippen LogP contribution in [-0.2, 0) is 4.74 Å². The molecular weight excluding hydrogens is 174 g/mol. The SMILES string of the molecule is C1=CC(NC2CC3CCC2O3)CCC1. The summed E-state index contributed by atoms with van der Waals surface area (Å²) in [6.45, 7) is 0. The molecule has 0 aromatic carbocycles. The molecule has 3 rings (SSSR count). The topological polar surface area (TPSA) is 21.3 Å². The first kappa shape index (κ1) is 8.93. The quantitative estimate of drug-likeness (QED) is 0.677. The van der Waals surface area contributed by atoms with Crippen molar-refractivity contribution >= 4 is 0 Å². The lowest BCUT2D eigenvalue weighted by atomic mass is 9.93. The molecule has 3 aliphatic rings. The molecule has 2 nitrogen and oxygen atoms in total. The fourth-order valence-corrected chi connectivity index (χ4v) is 3.04. The van der Waals surface area contributed by atoms with Gasteiger partial charge in [0.15, 0.2) is 0 Å². The number of rotatable bonds is 2. The molecule has 2 heteroatoms. The minimum absolute atomic E-state index is 0.523. The van der Waals surface area contributed by atoms with Crippen LogP contribution in [0.5, 0.6) is 0 Å². The molecule has 0 saturated carbocycles. The summed E-state index contributed by atoms with van der Waals surface area (Å²) < 4.78 is 5.84. The fourth-order valence-electron chi connectivity index (χ4n) is 3.04. The zero-order valence-electron chi connectivity index (χ0n) is 8.61. The Morgan fingerprint density at radius 1 is 1.21 bits per heavy atom. The van der Waals surface area contributed by atoms with Crippen molar-refractivity contribution in [1.29, 1.82) is 0 Å². The van der Waals surface area contributed by atoms with Gasteiger partial charge in [0, 0.05) is 12.1 Å². The summed E-state index contributed by atoms with van der Waals surface area (Å²) in [6.07, 6.45) is 13.5. The highest BCUT2D eigenvalue weighted by Crippen LogP contribution is 2.34. The minimum Gasteiger partial charge on any atom is -0.373 e. The van der Waals surface area contributed by atoms with Gasteiger partial charge in [-0.2, -0.15) is 0 Å². The molecule has 14 heavy (non-hydrogen) atoms. The average molecular weight is 193 g/mol. The number of hydrogen-bond acceptors (Lipinski definition) is 2. The first-order valence-corrected chi connectivity index (χ1v) is 6.00. The number of nitrogens with one attached hydrogen (secondary N) is 1. The first-order valence-electron chi connectivity index (χ1n) is 6.00. The van der Waals surface area contributed by atoms with Crippen LogP contribution in [0.3, 0.4) is 0 Å². The predicted octanol–water partition coefficient (Wildman–Crippen LogP) is 2.00. The van der Waals surface area contributed by atoms with E-state index in [1.807, 2.05) is 0 Å². The summed E-state index contributed by atoms with van der Waals surface area (Å²) in [4.78, 5) is 0. The molecule has 0 aromatic heterocycles. The summed E-state index contributed by atoms with van der Waals surface area (Å²) in [7, 11) is 0. The second-order valence-corrected chi connectivity index (χ2v) is 4.85. The molecule has 2 heterocycles. The van der Waals surface area contributed by atoms with E-state index in [4.69, 9.17) is 4.74 Å². The Bertz CT molecular complexity index is 238. The van der Waals surface area contributed by atoms with Crippen molar-refractivity contribution in [3.8, 4) is 0 Å². The molecule has 2 aliphatic heterocycles. The van der Waals surface area contributed by atoms with Crippen LogP contribution in [0.1, 0.15) is 38.5 Å². The molecule has 4 atom stereocenters. The van der Waals surface area contributed by atoms with Gasteiger partial charge in [-0.25, -0.2) is 0 Å². The van der Waals surface area contributed by atoms with E-state index >= 15 is 0 Å². The predicted molar refractivity (Wildman–Crippen MR) is 56.2 cm³/mol. The summed E-state index contributed by atoms with van der Waals surface area (Å²) in [5.41, 5.74) is 0. The van der Waals surface area contributed by atoms with Crippen molar-refractivity contribution in [2.75, 3.05) is 0 Å². The summed E-state index contributed by atoms with van der Waals surface area (Å²) in [5.74, 6) is 0. The van der Waals surface area contributed by atoms with E-state index in [1.165, 1.54) is 38.5 Å². The van der Waals surface area contributed by atoms with Gasteiger partial charge in [0.2, 0.25) is 0 Å². The van der Waals surface area contributed by atoms with Crippen molar-refractivity contribution < 1.29 is 4.74 Å². The average Bonchev–Trinajstić information content (AvgIpc) is 2.81. The Morgan fingerprint density at radius 2 is 2.21 bits per heavy atom. The van der Waals surface area contributed by atoms with E-state index in [0.29, 0.717) is 24.3 Å². The molecule has 1 N–H and O–H groups in total. The van der Waals surface area contributed by atoms with Crippen molar-refractivity contribution in [2.24, 2.45) is 0 Å². The molecule has 0 aromatic rings. The highest BCUT2D eigenvalue weighted by Gasteiger charge is 2.41. The Balaban J connectivity index is 1.57. The normalized spacial score (nSPS) is 46.0. The molecule has 1 aliphatic carbocycles. The monoisotopic (exact) mass is 193 g/mol. The number of fused-ring (bicyclic) bond motifs is 2. The second kappa shape index (κ2) is 3.67. The Kier molecular flexibility index (Phi) is 2.34. The van der Waals surface area contributed by atoms with Crippen molar-refractivity contribution in [2.45, 2.75) is 62.8 Å². The molecule has 2 saturated heterocycles. The third kappa shape index (κ3) is 1.61. The zero-order valence-corrected chi connectivity index (χ0v) is 8.61. The molecular formula is C12H19NO. The van der Waals surface area contributed by atoms with Crippen LogP contribution >= 0.6 is 0 Å². The highest BCUT2D eigenvalue weighted by molar-refractivity contribution is 5.02. The Morgan fingerprint density at radius 3 is 2.86 bits per heavy atom. The minimum atomic E-state index is 0.523. The van der Waals surface area contributed by atoms with Gasteiger partial charge in [0.1, 0.15) is 0 Å². The molecule has 0 amide bonds. The molecule has 0 radical (unpaired) electrons. The Hall–Kier alpha value is -0.340. The van der Waals surface area contributed by atoms with Crippen LogP contribution in [0.25, 0.3) is 0 Å². The third-order valence-electron chi connectivity index (χ3n) is 3.79. The summed E-state index contributed by atoms with van der Waals surface area (Å²) in [5, 5.41) is 3.74. The number of ether oxygens (including phenoxy) is 1. The standard InChI is InChI=1S/C12H19NO/c1-2-4-9(5-3-1)13-11-8-10-6-7-12(11)14-10/h2,4,9-13H,1,3,5-8H2. The van der Waals surface area contributed by atoms with E-state index in [9.17, 15) is 0 Å². The van der Waals surface area contributed by atoms with E-state index in [2.05, 4.69) is 17.5 Å². The van der Waals surface area contributed by atoms with Crippen LogP contribution in [0, 0.1) is 0 Å². The van der Waals surface area contributed by atoms with Gasteiger partial charge in [0.25, 0.3) is 0 Å². The summed E-state index contributed by atoms with van der Waals surface area (Å²) >= 11 is 0. The molecule has 4 unspecified atom stereocenters. The van der Waals surface area contributed by atoms with E-state index in [-0.39, 0.29) is 0 Å². The number of allylic oxidation sites excluding steroid dienone is 1. The molecule has 0 spiro atoms. The van der Waals surface area contributed by atoms with Crippen LogP contribution in [-0.4, -0.2) is 24.3 Å². The Labute approximate surface area is 85.7 Å². The van der Waals surface area contributed by atoms with Crippen molar-refractivity contribution in [3.63, 3.8) is 0 Å². The largest absolute Gasteiger partial charge is 0.373 e. The first-order chi connectivity index (χ1) is 6.92. The highest BCUT2D eigenvalue weighted by atomic mass is 16.5. The summed E-state index contributed by atoms with van der Waals surface area (Å²) in [6, 6.07) is 1.26. The molecule has 78 valence electrons. The lowest BCUT2D eigenvalue weighted by molar-refractivity contribution is 0.0964. The molecule has 2 fully saturated rings. The van der Waals surface area contributed by atoms with Crippen LogP contribution in [0.2, 0.25) is 0 Å². The van der Waals surface area contributed by atoms with Gasteiger partial charge >= 0.3 is 0 Å².